The summed E-state index contributed by atoms with van der Waals surface area (Å²) in [5, 5.41) is 5.93. The summed E-state index contributed by atoms with van der Waals surface area (Å²) in [6.07, 6.45) is 2.17. The summed E-state index contributed by atoms with van der Waals surface area (Å²) in [5.41, 5.74) is 1.96. The van der Waals surface area contributed by atoms with E-state index in [1.54, 1.807) is 0 Å². The van der Waals surface area contributed by atoms with E-state index in [1.165, 1.54) is 0 Å². The van der Waals surface area contributed by atoms with Crippen molar-refractivity contribution >= 4 is 17.9 Å². The molecular formula is C16H24N2O2. The molecule has 0 bridgehead atoms. The summed E-state index contributed by atoms with van der Waals surface area (Å²) in [6.45, 7) is 6.64. The van der Waals surface area contributed by atoms with Crippen molar-refractivity contribution in [3.05, 3.63) is 29.8 Å². The summed E-state index contributed by atoms with van der Waals surface area (Å²) in [4.78, 5) is 22.3. The number of anilines is 1. The summed E-state index contributed by atoms with van der Waals surface area (Å²) in [5.74, 6) is 0.514. The van der Waals surface area contributed by atoms with Gasteiger partial charge in [-0.3, -0.25) is 9.59 Å². The van der Waals surface area contributed by atoms with Crippen LogP contribution >= 0.6 is 0 Å². The summed E-state index contributed by atoms with van der Waals surface area (Å²) < 4.78 is 0. The topological polar surface area (TPSA) is 58.2 Å². The Balaban J connectivity index is 2.68. The summed E-state index contributed by atoms with van der Waals surface area (Å²) in [7, 11) is 0. The molecule has 4 nitrogen and oxygen atoms in total. The zero-order valence-electron chi connectivity index (χ0n) is 12.5. The Labute approximate surface area is 121 Å². The molecule has 0 radical (unpaired) electrons. The number of amides is 1. The molecule has 0 heterocycles. The Morgan fingerprint density at radius 3 is 2.40 bits per heavy atom. The number of ketones is 1. The Hall–Kier alpha value is -1.84. The van der Waals surface area contributed by atoms with Gasteiger partial charge in [-0.05, 0) is 30.0 Å². The molecule has 0 saturated carbocycles. The molecule has 2 N–H and O–H groups in total. The molecule has 4 heteroatoms. The monoisotopic (exact) mass is 276 g/mol. The van der Waals surface area contributed by atoms with Gasteiger partial charge in [0.15, 0.2) is 5.78 Å². The van der Waals surface area contributed by atoms with E-state index >= 15 is 0 Å². The predicted octanol–water partition coefficient (Wildman–Crippen LogP) is 2.74. The maximum atomic E-state index is 12.1. The highest BCUT2D eigenvalue weighted by molar-refractivity contribution is 5.86. The van der Waals surface area contributed by atoms with Gasteiger partial charge >= 0.3 is 0 Å². The smallest absolute Gasteiger partial charge is 0.207 e. The number of hydrogen-bond acceptors (Lipinski definition) is 3. The minimum Gasteiger partial charge on any atom is -0.375 e. The molecule has 0 aromatic heterocycles. The molecule has 20 heavy (non-hydrogen) atoms. The summed E-state index contributed by atoms with van der Waals surface area (Å²) >= 11 is 0. The van der Waals surface area contributed by atoms with Gasteiger partial charge in [-0.2, -0.15) is 0 Å². The quantitative estimate of drug-likeness (QED) is 0.682. The fourth-order valence-corrected chi connectivity index (χ4v) is 2.08. The van der Waals surface area contributed by atoms with E-state index in [-0.39, 0.29) is 17.7 Å². The Bertz CT molecular complexity index is 427. The van der Waals surface area contributed by atoms with Gasteiger partial charge < -0.3 is 10.6 Å². The van der Waals surface area contributed by atoms with Gasteiger partial charge in [0, 0.05) is 18.7 Å². The lowest BCUT2D eigenvalue weighted by molar-refractivity contribution is -0.120. The van der Waals surface area contributed by atoms with E-state index in [9.17, 15) is 9.59 Å². The first-order valence-electron chi connectivity index (χ1n) is 7.13. The first kappa shape index (κ1) is 16.2. The van der Waals surface area contributed by atoms with Crippen LogP contribution in [0.2, 0.25) is 0 Å². The lowest BCUT2D eigenvalue weighted by Crippen LogP contribution is -2.34. The van der Waals surface area contributed by atoms with Gasteiger partial charge in [-0.1, -0.05) is 32.9 Å². The normalized spacial score (nSPS) is 12.0. The van der Waals surface area contributed by atoms with Crippen molar-refractivity contribution in [3.8, 4) is 0 Å². The van der Waals surface area contributed by atoms with Crippen LogP contribution in [-0.4, -0.2) is 18.2 Å². The molecule has 1 amide bonds. The zero-order chi connectivity index (χ0) is 15.0. The van der Waals surface area contributed by atoms with Crippen LogP contribution in [-0.2, 0) is 16.1 Å². The third-order valence-electron chi connectivity index (χ3n) is 3.18. The number of benzene rings is 1. The minimum absolute atomic E-state index is 0.145. The number of carbonyl (C=O) groups is 2. The van der Waals surface area contributed by atoms with Crippen molar-refractivity contribution in [2.45, 2.75) is 46.2 Å². The molecule has 1 rings (SSSR count). The minimum atomic E-state index is -0.145. The molecule has 0 saturated heterocycles. The Kier molecular flexibility index (Phi) is 6.77. The van der Waals surface area contributed by atoms with Crippen LogP contribution in [0.15, 0.2) is 24.3 Å². The van der Waals surface area contributed by atoms with Gasteiger partial charge in [-0.25, -0.2) is 0 Å². The molecule has 1 atom stereocenters. The largest absolute Gasteiger partial charge is 0.375 e. The lowest BCUT2D eigenvalue weighted by atomic mass is 9.96. The molecule has 1 aromatic carbocycles. The van der Waals surface area contributed by atoms with Gasteiger partial charge in [-0.15, -0.1) is 0 Å². The first-order valence-corrected chi connectivity index (χ1v) is 7.13. The van der Waals surface area contributed by atoms with Gasteiger partial charge in [0.25, 0.3) is 0 Å². The standard InChI is InChI=1S/C16H24N2O2/c1-4-5-15(20)16(12(2)3)18-14-8-6-13(7-9-14)10-17-11-19/h6-9,11-12,16,18H,4-5,10H2,1-3H3,(H,17,19)/t16-/m0/s1. The third-order valence-corrected chi connectivity index (χ3v) is 3.18. The molecule has 0 aliphatic heterocycles. The molecule has 0 fully saturated rings. The highest BCUT2D eigenvalue weighted by Gasteiger charge is 2.20. The zero-order valence-corrected chi connectivity index (χ0v) is 12.5. The molecule has 0 aliphatic carbocycles. The van der Waals surface area contributed by atoms with Crippen molar-refractivity contribution < 1.29 is 9.59 Å². The highest BCUT2D eigenvalue weighted by atomic mass is 16.1. The number of carbonyl (C=O) groups excluding carboxylic acids is 2. The fourth-order valence-electron chi connectivity index (χ4n) is 2.08. The van der Waals surface area contributed by atoms with Crippen molar-refractivity contribution in [2.75, 3.05) is 5.32 Å². The van der Waals surface area contributed by atoms with Crippen LogP contribution in [0.3, 0.4) is 0 Å². The van der Waals surface area contributed by atoms with Gasteiger partial charge in [0.2, 0.25) is 6.41 Å². The van der Waals surface area contributed by atoms with Crippen molar-refractivity contribution in [3.63, 3.8) is 0 Å². The summed E-state index contributed by atoms with van der Waals surface area (Å²) in [6, 6.07) is 7.63. The average Bonchev–Trinajstić information content (AvgIpc) is 2.43. The van der Waals surface area contributed by atoms with E-state index in [0.717, 1.165) is 17.7 Å². The number of hydrogen-bond donors (Lipinski definition) is 2. The first-order chi connectivity index (χ1) is 9.58. The van der Waals surface area contributed by atoms with Crippen LogP contribution in [0.4, 0.5) is 5.69 Å². The number of nitrogens with one attached hydrogen (secondary N) is 2. The molecule has 0 spiro atoms. The molecule has 110 valence electrons. The molecule has 0 unspecified atom stereocenters. The highest BCUT2D eigenvalue weighted by Crippen LogP contribution is 2.16. The lowest BCUT2D eigenvalue weighted by Gasteiger charge is -2.22. The van der Waals surface area contributed by atoms with Crippen molar-refractivity contribution in [2.24, 2.45) is 5.92 Å². The fraction of sp³-hybridized carbons (Fsp3) is 0.500. The SMILES string of the molecule is CCCC(=O)[C@@H](Nc1ccc(CNC=O)cc1)C(C)C. The van der Waals surface area contributed by atoms with Crippen LogP contribution in [0.25, 0.3) is 0 Å². The Morgan fingerprint density at radius 1 is 1.25 bits per heavy atom. The number of rotatable bonds is 9. The van der Waals surface area contributed by atoms with Crippen LogP contribution < -0.4 is 10.6 Å². The average molecular weight is 276 g/mol. The van der Waals surface area contributed by atoms with E-state index in [1.807, 2.05) is 45.0 Å². The molecular weight excluding hydrogens is 252 g/mol. The predicted molar refractivity (Wildman–Crippen MR) is 81.5 cm³/mol. The second-order valence-electron chi connectivity index (χ2n) is 5.28. The van der Waals surface area contributed by atoms with E-state index < -0.39 is 0 Å². The van der Waals surface area contributed by atoms with Crippen LogP contribution in [0.1, 0.15) is 39.2 Å². The van der Waals surface area contributed by atoms with Crippen LogP contribution in [0.5, 0.6) is 0 Å². The van der Waals surface area contributed by atoms with E-state index in [4.69, 9.17) is 0 Å². The number of Topliss-reactive ketones (excluding diaryl/α,β-unsaturated/α-hetero) is 1. The van der Waals surface area contributed by atoms with Gasteiger partial charge in [0.1, 0.15) is 0 Å². The second kappa shape index (κ2) is 8.35. The maximum absolute atomic E-state index is 12.1. The van der Waals surface area contributed by atoms with Crippen LogP contribution in [0, 0.1) is 5.92 Å². The van der Waals surface area contributed by atoms with Crippen molar-refractivity contribution in [1.82, 2.24) is 5.32 Å². The third kappa shape index (κ3) is 5.03. The van der Waals surface area contributed by atoms with Crippen molar-refractivity contribution in [1.29, 1.82) is 0 Å². The maximum Gasteiger partial charge on any atom is 0.207 e. The second-order valence-corrected chi connectivity index (χ2v) is 5.28. The van der Waals surface area contributed by atoms with E-state index in [0.29, 0.717) is 19.4 Å². The molecule has 0 aliphatic rings. The molecule has 1 aromatic rings. The Morgan fingerprint density at radius 2 is 1.90 bits per heavy atom. The van der Waals surface area contributed by atoms with Gasteiger partial charge in [0.05, 0.1) is 6.04 Å². The van der Waals surface area contributed by atoms with E-state index in [2.05, 4.69) is 10.6 Å².